The lowest BCUT2D eigenvalue weighted by Gasteiger charge is -2.05. The highest BCUT2D eigenvalue weighted by molar-refractivity contribution is 9.09. The monoisotopic (exact) mass is 313 g/mol. The van der Waals surface area contributed by atoms with Gasteiger partial charge in [0, 0.05) is 29.8 Å². The summed E-state index contributed by atoms with van der Waals surface area (Å²) < 4.78 is 0. The SMILES string of the molecule is Cc1c(CCC(=O)CCCBr)cccc1[N+](=O)[O-]. The molecule has 0 aromatic heterocycles. The molecular weight excluding hydrogens is 298 g/mol. The minimum Gasteiger partial charge on any atom is -0.300 e. The van der Waals surface area contributed by atoms with Crippen LogP contribution in [0.1, 0.15) is 30.4 Å². The molecule has 0 fully saturated rings. The van der Waals surface area contributed by atoms with E-state index in [0.717, 1.165) is 17.3 Å². The molecule has 0 atom stereocenters. The molecule has 1 rings (SSSR count). The van der Waals surface area contributed by atoms with Gasteiger partial charge in [-0.05, 0) is 25.3 Å². The third kappa shape index (κ3) is 4.22. The van der Waals surface area contributed by atoms with Gasteiger partial charge in [-0.15, -0.1) is 0 Å². The van der Waals surface area contributed by atoms with Gasteiger partial charge in [0.25, 0.3) is 5.69 Å². The lowest BCUT2D eigenvalue weighted by molar-refractivity contribution is -0.385. The summed E-state index contributed by atoms with van der Waals surface area (Å²) in [5.41, 5.74) is 1.67. The summed E-state index contributed by atoms with van der Waals surface area (Å²) in [7, 11) is 0. The number of hydrogen-bond donors (Lipinski definition) is 0. The van der Waals surface area contributed by atoms with Crippen LogP contribution >= 0.6 is 15.9 Å². The molecule has 4 nitrogen and oxygen atoms in total. The molecule has 0 aliphatic heterocycles. The molecule has 5 heteroatoms. The normalized spacial score (nSPS) is 10.3. The van der Waals surface area contributed by atoms with Gasteiger partial charge in [-0.2, -0.15) is 0 Å². The quantitative estimate of drug-likeness (QED) is 0.439. The number of Topliss-reactive ketones (excluding diaryl/α,β-unsaturated/α-hetero) is 1. The van der Waals surface area contributed by atoms with E-state index in [9.17, 15) is 14.9 Å². The molecule has 0 heterocycles. The van der Waals surface area contributed by atoms with Crippen molar-refractivity contribution in [2.75, 3.05) is 5.33 Å². The number of alkyl halides is 1. The van der Waals surface area contributed by atoms with Crippen molar-refractivity contribution in [3.05, 3.63) is 39.4 Å². The summed E-state index contributed by atoms with van der Waals surface area (Å²) >= 11 is 3.28. The first-order valence-electron chi connectivity index (χ1n) is 5.86. The van der Waals surface area contributed by atoms with Gasteiger partial charge in [0.05, 0.1) is 4.92 Å². The number of ketones is 1. The van der Waals surface area contributed by atoms with E-state index in [4.69, 9.17) is 0 Å². The van der Waals surface area contributed by atoms with Crippen molar-refractivity contribution >= 4 is 27.4 Å². The summed E-state index contributed by atoms with van der Waals surface area (Å²) in [6.45, 7) is 1.73. The van der Waals surface area contributed by atoms with Crippen LogP contribution in [0.2, 0.25) is 0 Å². The van der Waals surface area contributed by atoms with Gasteiger partial charge in [-0.3, -0.25) is 14.9 Å². The van der Waals surface area contributed by atoms with Crippen LogP contribution in [0.3, 0.4) is 0 Å². The van der Waals surface area contributed by atoms with Crippen molar-refractivity contribution in [3.63, 3.8) is 0 Å². The van der Waals surface area contributed by atoms with Crippen molar-refractivity contribution in [3.8, 4) is 0 Å². The number of nitrogens with zero attached hydrogens (tertiary/aromatic N) is 1. The molecule has 98 valence electrons. The first-order valence-corrected chi connectivity index (χ1v) is 6.99. The first kappa shape index (κ1) is 14.8. The fourth-order valence-corrected chi connectivity index (χ4v) is 2.08. The zero-order valence-electron chi connectivity index (χ0n) is 10.3. The highest BCUT2D eigenvalue weighted by Crippen LogP contribution is 2.22. The third-order valence-electron chi connectivity index (χ3n) is 2.88. The topological polar surface area (TPSA) is 60.2 Å². The summed E-state index contributed by atoms with van der Waals surface area (Å²) in [4.78, 5) is 22.0. The second-order valence-electron chi connectivity index (χ2n) is 4.15. The van der Waals surface area contributed by atoms with Crippen molar-refractivity contribution < 1.29 is 9.72 Å². The van der Waals surface area contributed by atoms with Crippen molar-refractivity contribution in [1.82, 2.24) is 0 Å². The Labute approximate surface area is 115 Å². The predicted octanol–water partition coefficient (Wildman–Crippen LogP) is 3.58. The first-order chi connectivity index (χ1) is 8.56. The zero-order valence-corrected chi connectivity index (χ0v) is 11.9. The van der Waals surface area contributed by atoms with Crippen LogP contribution in [0, 0.1) is 17.0 Å². The number of nitro benzene ring substituents is 1. The highest BCUT2D eigenvalue weighted by Gasteiger charge is 2.13. The Morgan fingerprint density at radius 3 is 2.72 bits per heavy atom. The molecule has 0 radical (unpaired) electrons. The van der Waals surface area contributed by atoms with E-state index in [0.29, 0.717) is 24.8 Å². The number of rotatable bonds is 7. The lowest BCUT2D eigenvalue weighted by Crippen LogP contribution is -2.02. The van der Waals surface area contributed by atoms with Crippen LogP contribution in [0.15, 0.2) is 18.2 Å². The summed E-state index contributed by atoms with van der Waals surface area (Å²) in [6.07, 6.45) is 2.44. The van der Waals surface area contributed by atoms with E-state index in [1.807, 2.05) is 6.07 Å². The van der Waals surface area contributed by atoms with E-state index >= 15 is 0 Å². The number of carbonyl (C=O) groups excluding carboxylic acids is 1. The van der Waals surface area contributed by atoms with Crippen LogP contribution in [0.25, 0.3) is 0 Å². The molecule has 1 aromatic carbocycles. The highest BCUT2D eigenvalue weighted by atomic mass is 79.9. The Morgan fingerprint density at radius 2 is 2.11 bits per heavy atom. The standard InChI is InChI=1S/C13H16BrNO3/c1-10-11(4-2-6-13(10)15(17)18)7-8-12(16)5-3-9-14/h2,4,6H,3,5,7-9H2,1H3. The molecule has 0 aliphatic rings. The van der Waals surface area contributed by atoms with Crippen molar-refractivity contribution in [2.24, 2.45) is 0 Å². The summed E-state index contributed by atoms with van der Waals surface area (Å²) in [5.74, 6) is 0.209. The third-order valence-corrected chi connectivity index (χ3v) is 3.44. The number of nitro groups is 1. The minimum atomic E-state index is -0.383. The van der Waals surface area contributed by atoms with Gasteiger partial charge in [-0.25, -0.2) is 0 Å². The average Bonchev–Trinajstić information content (AvgIpc) is 2.34. The summed E-state index contributed by atoms with van der Waals surface area (Å²) in [6, 6.07) is 5.01. The second kappa shape index (κ2) is 7.26. The van der Waals surface area contributed by atoms with E-state index in [1.54, 1.807) is 13.0 Å². The molecule has 0 aliphatic carbocycles. The van der Waals surface area contributed by atoms with Gasteiger partial charge in [0.2, 0.25) is 0 Å². The molecule has 0 unspecified atom stereocenters. The van der Waals surface area contributed by atoms with E-state index in [1.165, 1.54) is 6.07 Å². The maximum atomic E-state index is 11.6. The molecule has 0 saturated heterocycles. The zero-order chi connectivity index (χ0) is 13.5. The molecule has 0 bridgehead atoms. The van der Waals surface area contributed by atoms with Crippen LogP contribution in [0.5, 0.6) is 0 Å². The van der Waals surface area contributed by atoms with E-state index in [-0.39, 0.29) is 16.4 Å². The smallest absolute Gasteiger partial charge is 0.272 e. The van der Waals surface area contributed by atoms with E-state index < -0.39 is 0 Å². The number of halogens is 1. The molecule has 0 spiro atoms. The van der Waals surface area contributed by atoms with E-state index in [2.05, 4.69) is 15.9 Å². The Bertz CT molecular complexity index is 446. The fraction of sp³-hybridized carbons (Fsp3) is 0.462. The maximum absolute atomic E-state index is 11.6. The Kier molecular flexibility index (Phi) is 5.98. The molecule has 0 N–H and O–H groups in total. The molecule has 0 amide bonds. The van der Waals surface area contributed by atoms with Gasteiger partial charge in [0.1, 0.15) is 5.78 Å². The van der Waals surface area contributed by atoms with Crippen molar-refractivity contribution in [1.29, 1.82) is 0 Å². The van der Waals surface area contributed by atoms with Gasteiger partial charge in [0.15, 0.2) is 0 Å². The number of hydrogen-bond acceptors (Lipinski definition) is 3. The second-order valence-corrected chi connectivity index (χ2v) is 4.94. The lowest BCUT2D eigenvalue weighted by atomic mass is 10.00. The Balaban J connectivity index is 2.65. The fourth-order valence-electron chi connectivity index (χ4n) is 1.80. The van der Waals surface area contributed by atoms with Crippen molar-refractivity contribution in [2.45, 2.75) is 32.6 Å². The average molecular weight is 314 g/mol. The Hall–Kier alpha value is -1.23. The number of aryl methyl sites for hydroxylation is 1. The molecule has 1 aromatic rings. The summed E-state index contributed by atoms with van der Waals surface area (Å²) in [5, 5.41) is 11.6. The van der Waals surface area contributed by atoms with Gasteiger partial charge < -0.3 is 0 Å². The minimum absolute atomic E-state index is 0.125. The van der Waals surface area contributed by atoms with Gasteiger partial charge >= 0.3 is 0 Å². The number of benzene rings is 1. The molecule has 18 heavy (non-hydrogen) atoms. The maximum Gasteiger partial charge on any atom is 0.272 e. The largest absolute Gasteiger partial charge is 0.300 e. The predicted molar refractivity (Wildman–Crippen MR) is 74.2 cm³/mol. The van der Waals surface area contributed by atoms with Crippen LogP contribution in [0.4, 0.5) is 5.69 Å². The number of carbonyl (C=O) groups is 1. The van der Waals surface area contributed by atoms with Gasteiger partial charge in [-0.1, -0.05) is 28.1 Å². The molecule has 0 saturated carbocycles. The molecular formula is C13H16BrNO3. The van der Waals surface area contributed by atoms with Crippen LogP contribution < -0.4 is 0 Å². The van der Waals surface area contributed by atoms with Crippen LogP contribution in [-0.2, 0) is 11.2 Å². The Morgan fingerprint density at radius 1 is 1.39 bits per heavy atom. The van der Waals surface area contributed by atoms with Crippen LogP contribution in [-0.4, -0.2) is 16.0 Å².